The minimum Gasteiger partial charge on any atom is -0.326 e. The summed E-state index contributed by atoms with van der Waals surface area (Å²) in [6.45, 7) is 2.28. The number of carbonyl (C=O) groups is 2. The molecule has 4 nitrogen and oxygen atoms in total. The summed E-state index contributed by atoms with van der Waals surface area (Å²) in [5.41, 5.74) is 1.38. The fourth-order valence-corrected chi connectivity index (χ4v) is 5.28. The van der Waals surface area contributed by atoms with Crippen LogP contribution in [0.3, 0.4) is 0 Å². The van der Waals surface area contributed by atoms with Gasteiger partial charge in [-0.3, -0.25) is 9.59 Å². The van der Waals surface area contributed by atoms with E-state index in [0.29, 0.717) is 23.4 Å². The van der Waals surface area contributed by atoms with Crippen molar-refractivity contribution in [2.45, 2.75) is 135 Å². The molecule has 0 spiro atoms. The van der Waals surface area contributed by atoms with Crippen LogP contribution in [0.25, 0.3) is 0 Å². The van der Waals surface area contributed by atoms with E-state index in [0.717, 1.165) is 12.8 Å². The van der Waals surface area contributed by atoms with Crippen molar-refractivity contribution in [1.29, 1.82) is 0 Å². The lowest BCUT2D eigenvalue weighted by atomic mass is 10.0. The van der Waals surface area contributed by atoms with Crippen LogP contribution < -0.4 is 10.6 Å². The number of hydrogen-bond donors (Lipinski definition) is 2. The van der Waals surface area contributed by atoms with Crippen LogP contribution in [0.5, 0.6) is 0 Å². The highest BCUT2D eigenvalue weighted by Gasteiger charge is 2.10. The Bertz CT molecular complexity index is 1010. The average Bonchev–Trinajstić information content (AvgIpc) is 2.96. The fourth-order valence-electron chi connectivity index (χ4n) is 5.10. The standard InChI is InChI=1S/C35H52ClFN2O2/c1-2-3-4-5-6-7-8-9-10-11-12-13-14-15-16-17-18-19-20-24-34(40)38-30-23-21-22-29(27-30)35(41)39-31-25-26-33(37)32(36)28-31/h21-23,25-28H,2-20,24H2,1H3,(H,38,40)(H,39,41). The fraction of sp³-hybridized carbons (Fsp3) is 0.600. The molecular formula is C35H52ClFN2O2. The lowest BCUT2D eigenvalue weighted by Gasteiger charge is -2.09. The summed E-state index contributed by atoms with van der Waals surface area (Å²) in [6.07, 6.45) is 25.7. The molecule has 0 heterocycles. The number of nitrogens with one attached hydrogen (secondary N) is 2. The van der Waals surface area contributed by atoms with Gasteiger partial charge in [0.1, 0.15) is 5.82 Å². The predicted molar refractivity (Wildman–Crippen MR) is 172 cm³/mol. The Hall–Kier alpha value is -2.40. The van der Waals surface area contributed by atoms with E-state index < -0.39 is 5.82 Å². The van der Waals surface area contributed by atoms with Gasteiger partial charge >= 0.3 is 0 Å². The first-order chi connectivity index (χ1) is 20.0. The van der Waals surface area contributed by atoms with Crippen LogP contribution in [0, 0.1) is 5.82 Å². The highest BCUT2D eigenvalue weighted by Crippen LogP contribution is 2.21. The number of amides is 2. The van der Waals surface area contributed by atoms with E-state index in [4.69, 9.17) is 11.6 Å². The van der Waals surface area contributed by atoms with Gasteiger partial charge in [0.15, 0.2) is 0 Å². The highest BCUT2D eigenvalue weighted by atomic mass is 35.5. The maximum Gasteiger partial charge on any atom is 0.255 e. The third-order valence-electron chi connectivity index (χ3n) is 7.59. The van der Waals surface area contributed by atoms with E-state index in [1.54, 1.807) is 24.3 Å². The molecule has 0 aliphatic rings. The predicted octanol–water partition coefficient (Wildman–Crippen LogP) is 11.5. The van der Waals surface area contributed by atoms with Crippen LogP contribution in [0.2, 0.25) is 5.02 Å². The first kappa shape index (κ1) is 34.8. The number of unbranched alkanes of at least 4 members (excludes halogenated alkanes) is 18. The molecule has 41 heavy (non-hydrogen) atoms. The van der Waals surface area contributed by atoms with E-state index >= 15 is 0 Å². The Labute approximate surface area is 253 Å². The van der Waals surface area contributed by atoms with Crippen molar-refractivity contribution in [3.8, 4) is 0 Å². The summed E-state index contributed by atoms with van der Waals surface area (Å²) < 4.78 is 13.3. The number of hydrogen-bond acceptors (Lipinski definition) is 2. The van der Waals surface area contributed by atoms with Gasteiger partial charge in [0, 0.05) is 23.4 Å². The maximum atomic E-state index is 13.3. The lowest BCUT2D eigenvalue weighted by Crippen LogP contribution is -2.14. The summed E-state index contributed by atoms with van der Waals surface area (Å²) >= 11 is 5.78. The molecule has 0 atom stereocenters. The smallest absolute Gasteiger partial charge is 0.255 e. The van der Waals surface area contributed by atoms with Crippen molar-refractivity contribution in [3.63, 3.8) is 0 Å². The normalized spacial score (nSPS) is 11.0. The van der Waals surface area contributed by atoms with Gasteiger partial charge in [-0.15, -0.1) is 0 Å². The van der Waals surface area contributed by atoms with Crippen LogP contribution >= 0.6 is 11.6 Å². The second kappa shape index (κ2) is 22.2. The van der Waals surface area contributed by atoms with E-state index in [-0.39, 0.29) is 16.8 Å². The molecule has 0 unspecified atom stereocenters. The molecule has 0 saturated heterocycles. The Balaban J connectivity index is 1.44. The molecule has 228 valence electrons. The molecule has 0 aliphatic heterocycles. The van der Waals surface area contributed by atoms with Gasteiger partial charge in [0.2, 0.25) is 5.91 Å². The Kier molecular flexibility index (Phi) is 18.9. The Morgan fingerprint density at radius 2 is 1.12 bits per heavy atom. The van der Waals surface area contributed by atoms with E-state index in [2.05, 4.69) is 17.6 Å². The minimum absolute atomic E-state index is 0.0418. The molecule has 0 radical (unpaired) electrons. The molecule has 2 amide bonds. The third-order valence-corrected chi connectivity index (χ3v) is 7.88. The van der Waals surface area contributed by atoms with E-state index in [1.165, 1.54) is 127 Å². The van der Waals surface area contributed by atoms with E-state index in [9.17, 15) is 14.0 Å². The number of benzene rings is 2. The molecule has 0 bridgehead atoms. The topological polar surface area (TPSA) is 58.2 Å². The van der Waals surface area contributed by atoms with Gasteiger partial charge in [-0.05, 0) is 42.8 Å². The molecule has 0 saturated carbocycles. The monoisotopic (exact) mass is 586 g/mol. The zero-order valence-electron chi connectivity index (χ0n) is 25.3. The largest absolute Gasteiger partial charge is 0.326 e. The van der Waals surface area contributed by atoms with Crippen molar-refractivity contribution in [2.24, 2.45) is 0 Å². The molecule has 2 N–H and O–H groups in total. The molecular weight excluding hydrogens is 535 g/mol. The SMILES string of the molecule is CCCCCCCCCCCCCCCCCCCCCC(=O)Nc1cccc(C(=O)Nc2ccc(F)c(Cl)c2)c1. The zero-order chi connectivity index (χ0) is 29.5. The van der Waals surface area contributed by atoms with Crippen LogP contribution in [0.4, 0.5) is 15.8 Å². The van der Waals surface area contributed by atoms with Gasteiger partial charge in [-0.25, -0.2) is 4.39 Å². The minimum atomic E-state index is -0.542. The first-order valence-corrected chi connectivity index (χ1v) is 16.5. The van der Waals surface area contributed by atoms with E-state index in [1.807, 2.05) is 0 Å². The molecule has 2 rings (SSSR count). The van der Waals surface area contributed by atoms with Crippen LogP contribution in [-0.4, -0.2) is 11.8 Å². The van der Waals surface area contributed by atoms with Crippen molar-refractivity contribution >= 4 is 34.8 Å². The van der Waals surface area contributed by atoms with Gasteiger partial charge in [-0.1, -0.05) is 140 Å². The molecule has 6 heteroatoms. The first-order valence-electron chi connectivity index (χ1n) is 16.2. The second-order valence-corrected chi connectivity index (χ2v) is 11.7. The maximum absolute atomic E-state index is 13.3. The van der Waals surface area contributed by atoms with Crippen molar-refractivity contribution in [3.05, 3.63) is 58.9 Å². The number of anilines is 2. The molecule has 0 fully saturated rings. The number of carbonyl (C=O) groups excluding carboxylic acids is 2. The van der Waals surface area contributed by atoms with Crippen molar-refractivity contribution in [1.82, 2.24) is 0 Å². The number of halogens is 2. The molecule has 0 aliphatic carbocycles. The van der Waals surface area contributed by atoms with Gasteiger partial charge in [-0.2, -0.15) is 0 Å². The Morgan fingerprint density at radius 1 is 0.634 bits per heavy atom. The van der Waals surface area contributed by atoms with Crippen LogP contribution in [0.15, 0.2) is 42.5 Å². The summed E-state index contributed by atoms with van der Waals surface area (Å²) in [5.74, 6) is -0.943. The molecule has 0 aromatic heterocycles. The Morgan fingerprint density at radius 3 is 1.63 bits per heavy atom. The zero-order valence-corrected chi connectivity index (χ0v) is 26.0. The summed E-state index contributed by atoms with van der Waals surface area (Å²) in [4.78, 5) is 24.9. The summed E-state index contributed by atoms with van der Waals surface area (Å²) in [6, 6.07) is 10.8. The number of rotatable bonds is 23. The van der Waals surface area contributed by atoms with Crippen LogP contribution in [-0.2, 0) is 4.79 Å². The van der Waals surface area contributed by atoms with Crippen LogP contribution in [0.1, 0.15) is 146 Å². The van der Waals surface area contributed by atoms with Crippen molar-refractivity contribution in [2.75, 3.05) is 10.6 Å². The summed E-state index contributed by atoms with van der Waals surface area (Å²) in [7, 11) is 0. The quantitative estimate of drug-likeness (QED) is 0.127. The van der Waals surface area contributed by atoms with Gasteiger partial charge in [0.05, 0.1) is 5.02 Å². The van der Waals surface area contributed by atoms with Crippen molar-refractivity contribution < 1.29 is 14.0 Å². The molecule has 2 aromatic carbocycles. The van der Waals surface area contributed by atoms with Gasteiger partial charge in [0.25, 0.3) is 5.91 Å². The van der Waals surface area contributed by atoms with Gasteiger partial charge < -0.3 is 10.6 Å². The third kappa shape index (κ3) is 16.6. The highest BCUT2D eigenvalue weighted by molar-refractivity contribution is 6.31. The molecule has 2 aromatic rings. The lowest BCUT2D eigenvalue weighted by molar-refractivity contribution is -0.116. The second-order valence-electron chi connectivity index (χ2n) is 11.3. The summed E-state index contributed by atoms with van der Waals surface area (Å²) in [5, 5.41) is 5.52. The average molecular weight is 587 g/mol.